The molecule has 0 saturated carbocycles. The second kappa shape index (κ2) is 6.09. The first-order valence-electron chi connectivity index (χ1n) is 7.45. The van der Waals surface area contributed by atoms with Crippen LogP contribution in [0.15, 0.2) is 30.5 Å². The lowest BCUT2D eigenvalue weighted by Gasteiger charge is -2.30. The molecule has 1 fully saturated rings. The maximum Gasteiger partial charge on any atom is 0.317 e. The number of para-hydroxylation sites is 1. The van der Waals surface area contributed by atoms with Gasteiger partial charge in [-0.2, -0.15) is 0 Å². The Labute approximate surface area is 128 Å². The predicted octanol–water partition coefficient (Wildman–Crippen LogP) is 2.17. The van der Waals surface area contributed by atoms with E-state index < -0.39 is 11.9 Å². The molecule has 1 atom stereocenters. The van der Waals surface area contributed by atoms with Gasteiger partial charge in [0.25, 0.3) is 0 Å². The van der Waals surface area contributed by atoms with Crippen molar-refractivity contribution in [3.63, 3.8) is 0 Å². The highest BCUT2D eigenvalue weighted by molar-refractivity contribution is 5.83. The number of fused-ring (bicyclic) bond motifs is 1. The lowest BCUT2D eigenvalue weighted by Crippen LogP contribution is -2.46. The number of carbonyl (C=O) groups excluding carboxylic acids is 1. The van der Waals surface area contributed by atoms with Gasteiger partial charge in [0.05, 0.1) is 11.4 Å². The third-order valence-corrected chi connectivity index (χ3v) is 4.16. The van der Waals surface area contributed by atoms with E-state index in [0.717, 1.165) is 22.9 Å². The third-order valence-electron chi connectivity index (χ3n) is 4.16. The second-order valence-electron chi connectivity index (χ2n) is 5.64. The van der Waals surface area contributed by atoms with E-state index in [1.54, 1.807) is 4.90 Å². The van der Waals surface area contributed by atoms with Crippen molar-refractivity contribution in [2.75, 3.05) is 13.1 Å². The van der Waals surface area contributed by atoms with E-state index in [2.05, 4.69) is 10.3 Å². The molecular weight excluding hydrogens is 282 g/mol. The maximum atomic E-state index is 12.2. The van der Waals surface area contributed by atoms with E-state index in [-0.39, 0.29) is 12.6 Å². The van der Waals surface area contributed by atoms with Gasteiger partial charge >= 0.3 is 12.0 Å². The lowest BCUT2D eigenvalue weighted by molar-refractivity contribution is -0.143. The molecule has 0 radical (unpaired) electrons. The van der Waals surface area contributed by atoms with E-state index in [1.165, 1.54) is 0 Å². The zero-order valence-electron chi connectivity index (χ0n) is 12.2. The zero-order chi connectivity index (χ0) is 15.5. The minimum absolute atomic E-state index is 0.200. The van der Waals surface area contributed by atoms with Crippen molar-refractivity contribution in [2.24, 2.45) is 5.92 Å². The van der Waals surface area contributed by atoms with Gasteiger partial charge in [-0.15, -0.1) is 0 Å². The number of nitrogens with zero attached hydrogens (tertiary/aromatic N) is 1. The molecule has 1 saturated heterocycles. The summed E-state index contributed by atoms with van der Waals surface area (Å²) in [4.78, 5) is 28.0. The summed E-state index contributed by atoms with van der Waals surface area (Å²) in [5.41, 5.74) is 2.03. The quantitative estimate of drug-likeness (QED) is 0.812. The summed E-state index contributed by atoms with van der Waals surface area (Å²) in [6.07, 6.45) is 3.25. The number of aliphatic carboxylic acids is 1. The molecule has 2 heterocycles. The van der Waals surface area contributed by atoms with Crippen LogP contribution in [0.1, 0.15) is 18.4 Å². The molecule has 6 heteroatoms. The fourth-order valence-electron chi connectivity index (χ4n) is 2.94. The zero-order valence-corrected chi connectivity index (χ0v) is 12.2. The highest BCUT2D eigenvalue weighted by Crippen LogP contribution is 2.18. The average Bonchev–Trinajstić information content (AvgIpc) is 3.01. The molecule has 0 spiro atoms. The molecule has 116 valence electrons. The van der Waals surface area contributed by atoms with Gasteiger partial charge in [0.1, 0.15) is 0 Å². The van der Waals surface area contributed by atoms with Crippen LogP contribution in [-0.2, 0) is 11.3 Å². The van der Waals surface area contributed by atoms with Crippen molar-refractivity contribution in [1.82, 2.24) is 15.2 Å². The number of urea groups is 1. The third kappa shape index (κ3) is 2.90. The number of carboxylic acid groups (broad SMARTS) is 1. The predicted molar refractivity (Wildman–Crippen MR) is 82.5 cm³/mol. The summed E-state index contributed by atoms with van der Waals surface area (Å²) in [5.74, 6) is -1.28. The molecule has 6 nitrogen and oxygen atoms in total. The van der Waals surface area contributed by atoms with Crippen molar-refractivity contribution >= 4 is 22.9 Å². The van der Waals surface area contributed by atoms with Crippen LogP contribution in [0.2, 0.25) is 0 Å². The van der Waals surface area contributed by atoms with Crippen LogP contribution in [0.25, 0.3) is 10.9 Å². The number of benzene rings is 1. The molecule has 3 rings (SSSR count). The monoisotopic (exact) mass is 301 g/mol. The van der Waals surface area contributed by atoms with Crippen molar-refractivity contribution in [3.8, 4) is 0 Å². The number of nitrogens with one attached hydrogen (secondary N) is 2. The van der Waals surface area contributed by atoms with E-state index in [4.69, 9.17) is 5.11 Å². The first-order chi connectivity index (χ1) is 10.6. The van der Waals surface area contributed by atoms with Crippen LogP contribution >= 0.6 is 0 Å². The van der Waals surface area contributed by atoms with Crippen LogP contribution in [0, 0.1) is 5.92 Å². The Balaban J connectivity index is 1.62. The molecule has 0 aliphatic carbocycles. The van der Waals surface area contributed by atoms with E-state index in [1.807, 2.05) is 30.5 Å². The number of amides is 2. The number of rotatable bonds is 3. The first-order valence-corrected chi connectivity index (χ1v) is 7.45. The van der Waals surface area contributed by atoms with Gasteiger partial charge in [-0.25, -0.2) is 4.79 Å². The molecular formula is C16H19N3O3. The highest BCUT2D eigenvalue weighted by atomic mass is 16.4. The van der Waals surface area contributed by atoms with Crippen LogP contribution in [0.3, 0.4) is 0 Å². The van der Waals surface area contributed by atoms with Gasteiger partial charge in [0.2, 0.25) is 0 Å². The summed E-state index contributed by atoms with van der Waals surface area (Å²) in [6, 6.07) is 7.73. The lowest BCUT2D eigenvalue weighted by atomic mass is 9.99. The molecule has 1 unspecified atom stereocenters. The maximum absolute atomic E-state index is 12.2. The number of likely N-dealkylation sites (tertiary alicyclic amines) is 1. The van der Waals surface area contributed by atoms with E-state index in [9.17, 15) is 9.59 Å². The molecule has 2 amide bonds. The summed E-state index contributed by atoms with van der Waals surface area (Å²) in [5, 5.41) is 13.1. The van der Waals surface area contributed by atoms with Crippen LogP contribution in [-0.4, -0.2) is 40.1 Å². The molecule has 3 N–H and O–H groups in total. The van der Waals surface area contributed by atoms with Crippen molar-refractivity contribution in [1.29, 1.82) is 0 Å². The van der Waals surface area contributed by atoms with Gasteiger partial charge in [0.15, 0.2) is 0 Å². The second-order valence-corrected chi connectivity index (χ2v) is 5.64. The molecule has 0 bridgehead atoms. The fraction of sp³-hybridized carbons (Fsp3) is 0.375. The summed E-state index contributed by atoms with van der Waals surface area (Å²) in [6.45, 7) is 1.32. The van der Waals surface area contributed by atoms with Gasteiger partial charge < -0.3 is 20.3 Å². The number of hydrogen-bond acceptors (Lipinski definition) is 2. The van der Waals surface area contributed by atoms with Gasteiger partial charge in [0, 0.05) is 25.8 Å². The standard InChI is InChI=1S/C16H19N3O3/c20-15(21)13-5-2-8-19(10-13)16(22)18-9-12-4-1-3-11-6-7-17-14(11)12/h1,3-4,6-7,13,17H,2,5,8-10H2,(H,18,22)(H,20,21). The summed E-state index contributed by atoms with van der Waals surface area (Å²) < 4.78 is 0. The molecule has 2 aromatic rings. The molecule has 1 aromatic carbocycles. The number of carboxylic acids is 1. The minimum atomic E-state index is -0.825. The number of H-pyrrole nitrogens is 1. The van der Waals surface area contributed by atoms with Gasteiger partial charge in [-0.3, -0.25) is 4.79 Å². The van der Waals surface area contributed by atoms with Gasteiger partial charge in [-0.05, 0) is 29.9 Å². The molecule has 1 aliphatic rings. The van der Waals surface area contributed by atoms with Crippen LogP contribution in [0.4, 0.5) is 4.79 Å². The molecule has 1 aromatic heterocycles. The minimum Gasteiger partial charge on any atom is -0.481 e. The number of aromatic nitrogens is 1. The Morgan fingerprint density at radius 2 is 2.23 bits per heavy atom. The Kier molecular flexibility index (Phi) is 4.00. The van der Waals surface area contributed by atoms with Crippen molar-refractivity contribution in [3.05, 3.63) is 36.0 Å². The van der Waals surface area contributed by atoms with Crippen LogP contribution in [0.5, 0.6) is 0 Å². The smallest absolute Gasteiger partial charge is 0.317 e. The molecule has 1 aliphatic heterocycles. The Hall–Kier alpha value is -2.50. The average molecular weight is 301 g/mol. The topological polar surface area (TPSA) is 85.4 Å². The van der Waals surface area contributed by atoms with Crippen molar-refractivity contribution < 1.29 is 14.7 Å². The Bertz CT molecular complexity index is 695. The Morgan fingerprint density at radius 3 is 3.05 bits per heavy atom. The Morgan fingerprint density at radius 1 is 1.36 bits per heavy atom. The number of carbonyl (C=O) groups is 2. The summed E-state index contributed by atoms with van der Waals surface area (Å²) in [7, 11) is 0. The summed E-state index contributed by atoms with van der Waals surface area (Å²) >= 11 is 0. The van der Waals surface area contributed by atoms with Crippen LogP contribution < -0.4 is 5.32 Å². The molecule has 22 heavy (non-hydrogen) atoms. The largest absolute Gasteiger partial charge is 0.481 e. The first kappa shape index (κ1) is 14.4. The number of hydrogen-bond donors (Lipinski definition) is 3. The highest BCUT2D eigenvalue weighted by Gasteiger charge is 2.27. The van der Waals surface area contributed by atoms with E-state index >= 15 is 0 Å². The van der Waals surface area contributed by atoms with Crippen molar-refractivity contribution in [2.45, 2.75) is 19.4 Å². The SMILES string of the molecule is O=C(O)C1CCCN(C(=O)NCc2cccc3cc[nH]c23)C1. The van der Waals surface area contributed by atoms with Gasteiger partial charge in [-0.1, -0.05) is 18.2 Å². The number of piperidine rings is 1. The number of aromatic amines is 1. The fourth-order valence-corrected chi connectivity index (χ4v) is 2.94. The van der Waals surface area contributed by atoms with E-state index in [0.29, 0.717) is 19.5 Å². The normalized spacial score (nSPS) is 18.4.